The summed E-state index contributed by atoms with van der Waals surface area (Å²) in [6.07, 6.45) is 0. The predicted molar refractivity (Wildman–Crippen MR) is 102 cm³/mol. The number of carbonyl (C=O) groups excluding carboxylic acids is 1. The van der Waals surface area contributed by atoms with Gasteiger partial charge in [0.2, 0.25) is 0 Å². The van der Waals surface area contributed by atoms with E-state index in [2.05, 4.69) is 11.0 Å². The van der Waals surface area contributed by atoms with Crippen LogP contribution in [0.5, 0.6) is 5.75 Å². The molecule has 4 nitrogen and oxygen atoms in total. The van der Waals surface area contributed by atoms with Crippen molar-refractivity contribution in [2.75, 3.05) is 37.7 Å². The minimum Gasteiger partial charge on any atom is -0.484 e. The Morgan fingerprint density at radius 3 is 2.52 bits per heavy atom. The van der Waals surface area contributed by atoms with Gasteiger partial charge in [-0.25, -0.2) is 0 Å². The lowest BCUT2D eigenvalue weighted by Gasteiger charge is -2.36. The molecule has 1 aliphatic rings. The maximum atomic E-state index is 12.4. The molecule has 5 heteroatoms. The summed E-state index contributed by atoms with van der Waals surface area (Å²) < 4.78 is 5.71. The van der Waals surface area contributed by atoms with Crippen molar-refractivity contribution in [3.8, 4) is 5.75 Å². The van der Waals surface area contributed by atoms with Gasteiger partial charge in [-0.3, -0.25) is 4.79 Å². The van der Waals surface area contributed by atoms with Gasteiger partial charge >= 0.3 is 0 Å². The van der Waals surface area contributed by atoms with Gasteiger partial charge in [-0.05, 0) is 43.7 Å². The van der Waals surface area contributed by atoms with Crippen LogP contribution in [0.1, 0.15) is 11.1 Å². The molecule has 0 N–H and O–H groups in total. The molecule has 2 aromatic carbocycles. The molecule has 0 radical (unpaired) electrons. The summed E-state index contributed by atoms with van der Waals surface area (Å²) in [5.41, 5.74) is 3.35. The van der Waals surface area contributed by atoms with Crippen LogP contribution in [0.25, 0.3) is 0 Å². The first-order valence-corrected chi connectivity index (χ1v) is 8.89. The van der Waals surface area contributed by atoms with E-state index in [0.29, 0.717) is 13.1 Å². The van der Waals surface area contributed by atoms with Gasteiger partial charge in [0.05, 0.1) is 0 Å². The number of amides is 1. The van der Waals surface area contributed by atoms with Gasteiger partial charge in [0.1, 0.15) is 5.75 Å². The van der Waals surface area contributed by atoms with Gasteiger partial charge in [-0.15, -0.1) is 0 Å². The highest BCUT2D eigenvalue weighted by atomic mass is 35.5. The SMILES string of the molecule is Cc1ccc(OCC(=O)N2CCN(c3cccc(Cl)c3)CC2)c(C)c1. The largest absolute Gasteiger partial charge is 0.484 e. The second-order valence-electron chi connectivity index (χ2n) is 6.41. The molecule has 3 rings (SSSR count). The summed E-state index contributed by atoms with van der Waals surface area (Å²) in [5, 5.41) is 0.734. The number of carbonyl (C=O) groups is 1. The smallest absolute Gasteiger partial charge is 0.260 e. The summed E-state index contributed by atoms with van der Waals surface area (Å²) in [6, 6.07) is 13.8. The Hall–Kier alpha value is -2.20. The van der Waals surface area contributed by atoms with Crippen molar-refractivity contribution in [3.05, 3.63) is 58.6 Å². The molecule has 0 unspecified atom stereocenters. The fraction of sp³-hybridized carbons (Fsp3) is 0.350. The number of rotatable bonds is 4. The minimum atomic E-state index is 0.0331. The van der Waals surface area contributed by atoms with Gasteiger partial charge in [-0.2, -0.15) is 0 Å². The lowest BCUT2D eigenvalue weighted by molar-refractivity contribution is -0.133. The predicted octanol–water partition coefficient (Wildman–Crippen LogP) is 3.68. The standard InChI is InChI=1S/C20H23ClN2O2/c1-15-6-7-19(16(2)12-15)25-14-20(24)23-10-8-22(9-11-23)18-5-3-4-17(21)13-18/h3-7,12-13H,8-11,14H2,1-2H3. The van der Waals surface area contributed by atoms with Crippen molar-refractivity contribution in [1.82, 2.24) is 4.90 Å². The molecule has 1 heterocycles. The van der Waals surface area contributed by atoms with Crippen LogP contribution in [-0.2, 0) is 4.79 Å². The number of benzene rings is 2. The third-order valence-electron chi connectivity index (χ3n) is 4.49. The zero-order valence-corrected chi connectivity index (χ0v) is 15.4. The maximum absolute atomic E-state index is 12.4. The third-order valence-corrected chi connectivity index (χ3v) is 4.72. The Kier molecular flexibility index (Phi) is 5.49. The van der Waals surface area contributed by atoms with Crippen molar-refractivity contribution in [2.24, 2.45) is 0 Å². The molecule has 0 saturated carbocycles. The van der Waals surface area contributed by atoms with E-state index in [0.717, 1.165) is 35.1 Å². The number of anilines is 1. The molecule has 0 aromatic heterocycles. The third kappa shape index (κ3) is 4.45. The normalized spacial score (nSPS) is 14.5. The van der Waals surface area contributed by atoms with E-state index < -0.39 is 0 Å². The highest BCUT2D eigenvalue weighted by Gasteiger charge is 2.21. The monoisotopic (exact) mass is 358 g/mol. The van der Waals surface area contributed by atoms with Crippen molar-refractivity contribution < 1.29 is 9.53 Å². The van der Waals surface area contributed by atoms with Crippen LogP contribution in [0.4, 0.5) is 5.69 Å². The van der Waals surface area contributed by atoms with Crippen molar-refractivity contribution in [2.45, 2.75) is 13.8 Å². The van der Waals surface area contributed by atoms with Gasteiger partial charge < -0.3 is 14.5 Å². The van der Waals surface area contributed by atoms with E-state index in [4.69, 9.17) is 16.3 Å². The Morgan fingerprint density at radius 1 is 1.08 bits per heavy atom. The average molecular weight is 359 g/mol. The number of hydrogen-bond acceptors (Lipinski definition) is 3. The molecule has 1 fully saturated rings. The summed E-state index contributed by atoms with van der Waals surface area (Å²) in [7, 11) is 0. The van der Waals surface area contributed by atoms with Crippen molar-refractivity contribution in [3.63, 3.8) is 0 Å². The van der Waals surface area contributed by atoms with E-state index in [9.17, 15) is 4.79 Å². The summed E-state index contributed by atoms with van der Waals surface area (Å²) in [5.74, 6) is 0.808. The number of nitrogens with zero attached hydrogens (tertiary/aromatic N) is 2. The van der Waals surface area contributed by atoms with E-state index >= 15 is 0 Å². The summed E-state index contributed by atoms with van der Waals surface area (Å²) in [6.45, 7) is 7.12. The Morgan fingerprint density at radius 2 is 1.84 bits per heavy atom. The van der Waals surface area contributed by atoms with Gasteiger partial charge in [-0.1, -0.05) is 35.4 Å². The summed E-state index contributed by atoms with van der Waals surface area (Å²) in [4.78, 5) is 16.5. The van der Waals surface area contributed by atoms with Gasteiger partial charge in [0.15, 0.2) is 6.61 Å². The second kappa shape index (κ2) is 7.79. The minimum absolute atomic E-state index is 0.0331. The van der Waals surface area contributed by atoms with Crippen LogP contribution in [0.3, 0.4) is 0 Å². The molecule has 2 aromatic rings. The van der Waals surface area contributed by atoms with Crippen LogP contribution >= 0.6 is 11.6 Å². The topological polar surface area (TPSA) is 32.8 Å². The van der Waals surface area contributed by atoms with E-state index in [1.807, 2.05) is 55.1 Å². The molecule has 0 bridgehead atoms. The number of ether oxygens (including phenoxy) is 1. The van der Waals surface area contributed by atoms with Crippen molar-refractivity contribution in [1.29, 1.82) is 0 Å². The summed E-state index contributed by atoms with van der Waals surface area (Å²) >= 11 is 6.06. The Labute approximate surface area is 154 Å². The number of piperazine rings is 1. The lowest BCUT2D eigenvalue weighted by atomic mass is 10.1. The Balaban J connectivity index is 1.51. The molecule has 0 aliphatic carbocycles. The first kappa shape index (κ1) is 17.6. The van der Waals surface area contributed by atoms with Crippen LogP contribution in [0.15, 0.2) is 42.5 Å². The highest BCUT2D eigenvalue weighted by molar-refractivity contribution is 6.30. The Bertz CT molecular complexity index is 755. The van der Waals surface area contributed by atoms with Gasteiger partial charge in [0, 0.05) is 36.9 Å². The van der Waals surface area contributed by atoms with E-state index in [1.165, 1.54) is 5.56 Å². The first-order valence-electron chi connectivity index (χ1n) is 8.51. The average Bonchev–Trinajstić information content (AvgIpc) is 2.61. The molecule has 0 spiro atoms. The van der Waals surface area contributed by atoms with E-state index in [1.54, 1.807) is 0 Å². The molecule has 25 heavy (non-hydrogen) atoms. The second-order valence-corrected chi connectivity index (χ2v) is 6.84. The number of aryl methyl sites for hydroxylation is 2. The number of hydrogen-bond donors (Lipinski definition) is 0. The van der Waals surface area contributed by atoms with E-state index in [-0.39, 0.29) is 12.5 Å². The molecule has 1 amide bonds. The zero-order chi connectivity index (χ0) is 17.8. The highest BCUT2D eigenvalue weighted by Crippen LogP contribution is 2.21. The zero-order valence-electron chi connectivity index (χ0n) is 14.7. The quantitative estimate of drug-likeness (QED) is 0.835. The molecule has 132 valence electrons. The number of halogens is 1. The molecule has 1 aliphatic heterocycles. The molecule has 0 atom stereocenters. The molecule has 1 saturated heterocycles. The van der Waals surface area contributed by atoms with Crippen LogP contribution in [0.2, 0.25) is 5.02 Å². The lowest BCUT2D eigenvalue weighted by Crippen LogP contribution is -2.50. The van der Waals surface area contributed by atoms with Gasteiger partial charge in [0.25, 0.3) is 5.91 Å². The maximum Gasteiger partial charge on any atom is 0.260 e. The van der Waals surface area contributed by atoms with Crippen LogP contribution < -0.4 is 9.64 Å². The van der Waals surface area contributed by atoms with Crippen LogP contribution in [0, 0.1) is 13.8 Å². The first-order chi connectivity index (χ1) is 12.0. The fourth-order valence-electron chi connectivity index (χ4n) is 3.08. The fourth-order valence-corrected chi connectivity index (χ4v) is 3.26. The van der Waals surface area contributed by atoms with Crippen molar-refractivity contribution >= 4 is 23.2 Å². The molecular weight excluding hydrogens is 336 g/mol. The van der Waals surface area contributed by atoms with Crippen LogP contribution in [-0.4, -0.2) is 43.6 Å². The molecular formula is C20H23ClN2O2.